The van der Waals surface area contributed by atoms with Crippen molar-refractivity contribution in [1.29, 1.82) is 0 Å². The molecule has 0 amide bonds. The van der Waals surface area contributed by atoms with Crippen molar-refractivity contribution in [3.63, 3.8) is 0 Å². The topological polar surface area (TPSA) is 64.5 Å². The molecule has 10 aromatic rings. The Morgan fingerprint density at radius 1 is 0.339 bits per heavy atom. The lowest BCUT2D eigenvalue weighted by molar-refractivity contribution is 0.660. The number of benzene rings is 7. The second-order valence-corrected chi connectivity index (χ2v) is 17.7. The van der Waals surface area contributed by atoms with E-state index < -0.39 is 0 Å². The first kappa shape index (κ1) is 36.2. The minimum atomic E-state index is -0.180. The Bertz CT molecular complexity index is 3380. The molecule has 0 aliphatic heterocycles. The Morgan fingerprint density at radius 2 is 0.823 bits per heavy atom. The first-order chi connectivity index (χ1) is 30.2. The summed E-state index contributed by atoms with van der Waals surface area (Å²) in [5.74, 6) is 1.84. The lowest BCUT2D eigenvalue weighted by Gasteiger charge is -2.21. The Hall–Kier alpha value is -7.63. The summed E-state index contributed by atoms with van der Waals surface area (Å²) >= 11 is 0. The van der Waals surface area contributed by atoms with Gasteiger partial charge in [0.25, 0.3) is 0 Å². The van der Waals surface area contributed by atoms with Crippen LogP contribution in [0.5, 0.6) is 0 Å². The van der Waals surface area contributed by atoms with E-state index in [4.69, 9.17) is 24.9 Å². The van der Waals surface area contributed by atoms with E-state index in [0.717, 1.165) is 60.8 Å². The van der Waals surface area contributed by atoms with Crippen LogP contribution < -0.4 is 0 Å². The largest absolute Gasteiger partial charge is 0.256 e. The quantitative estimate of drug-likeness (QED) is 0.174. The maximum absolute atomic E-state index is 5.46. The van der Waals surface area contributed by atoms with Crippen molar-refractivity contribution < 1.29 is 0 Å². The van der Waals surface area contributed by atoms with Gasteiger partial charge >= 0.3 is 0 Å². The molecule has 0 atom stereocenters. The van der Waals surface area contributed by atoms with E-state index in [9.17, 15) is 0 Å². The third-order valence-corrected chi connectivity index (χ3v) is 13.4. The van der Waals surface area contributed by atoms with E-state index in [1.807, 2.05) is 12.4 Å². The molecule has 62 heavy (non-hydrogen) atoms. The number of hydrogen-bond acceptors (Lipinski definition) is 5. The van der Waals surface area contributed by atoms with Crippen LogP contribution >= 0.6 is 0 Å². The van der Waals surface area contributed by atoms with Gasteiger partial charge in [-0.15, -0.1) is 0 Å². The Labute approximate surface area is 360 Å². The zero-order valence-corrected chi connectivity index (χ0v) is 35.0. The number of aromatic nitrogens is 5. The van der Waals surface area contributed by atoms with Crippen molar-refractivity contribution >= 4 is 21.5 Å². The van der Waals surface area contributed by atoms with Gasteiger partial charge in [0.15, 0.2) is 17.5 Å². The number of pyridine rings is 2. The van der Waals surface area contributed by atoms with E-state index >= 15 is 0 Å². The number of hydrogen-bond donors (Lipinski definition) is 0. The van der Waals surface area contributed by atoms with Gasteiger partial charge in [0.05, 0.1) is 11.4 Å². The monoisotopic (exact) mass is 795 g/mol. The summed E-state index contributed by atoms with van der Waals surface area (Å²) in [5.41, 5.74) is 16.3. The summed E-state index contributed by atoms with van der Waals surface area (Å²) in [5, 5.41) is 4.40. The van der Waals surface area contributed by atoms with E-state index in [-0.39, 0.29) is 10.8 Å². The molecule has 0 fully saturated rings. The summed E-state index contributed by atoms with van der Waals surface area (Å²) in [6, 6.07) is 58.4. The lowest BCUT2D eigenvalue weighted by atomic mass is 9.82. The maximum atomic E-state index is 5.46. The van der Waals surface area contributed by atoms with Crippen LogP contribution in [0.25, 0.3) is 100 Å². The zero-order valence-electron chi connectivity index (χ0n) is 35.0. The fourth-order valence-electron chi connectivity index (χ4n) is 10.3. The minimum absolute atomic E-state index is 0.118. The molecule has 12 rings (SSSR count). The molecular formula is C57H41N5. The second-order valence-electron chi connectivity index (χ2n) is 17.7. The number of nitrogens with zero attached hydrogens (tertiary/aromatic N) is 5. The number of rotatable bonds is 5. The predicted molar refractivity (Wildman–Crippen MR) is 253 cm³/mol. The molecule has 0 unspecified atom stereocenters. The molecule has 0 saturated carbocycles. The van der Waals surface area contributed by atoms with E-state index in [1.165, 1.54) is 44.5 Å². The summed E-state index contributed by atoms with van der Waals surface area (Å²) in [6.45, 7) is 9.24. The van der Waals surface area contributed by atoms with Gasteiger partial charge in [-0.05, 0) is 91.7 Å². The van der Waals surface area contributed by atoms with E-state index in [0.29, 0.717) is 17.5 Å². The van der Waals surface area contributed by atoms with Crippen molar-refractivity contribution in [3.05, 3.63) is 198 Å². The normalized spacial score (nSPS) is 14.1. The molecule has 5 nitrogen and oxygen atoms in total. The van der Waals surface area contributed by atoms with Gasteiger partial charge in [-0.1, -0.05) is 155 Å². The molecule has 0 bridgehead atoms. The van der Waals surface area contributed by atoms with Crippen LogP contribution in [0, 0.1) is 0 Å². The van der Waals surface area contributed by atoms with Crippen LogP contribution in [0.4, 0.5) is 0 Å². The highest BCUT2D eigenvalue weighted by Gasteiger charge is 2.38. The lowest BCUT2D eigenvalue weighted by Crippen LogP contribution is -2.14. The van der Waals surface area contributed by atoms with Crippen LogP contribution in [-0.4, -0.2) is 24.9 Å². The van der Waals surface area contributed by atoms with Crippen LogP contribution in [0.2, 0.25) is 0 Å². The van der Waals surface area contributed by atoms with Crippen LogP contribution in [0.15, 0.2) is 176 Å². The molecule has 7 aromatic carbocycles. The molecule has 2 aliphatic carbocycles. The second kappa shape index (κ2) is 13.4. The van der Waals surface area contributed by atoms with Gasteiger partial charge in [-0.25, -0.2) is 15.0 Å². The molecule has 5 heteroatoms. The average Bonchev–Trinajstić information content (AvgIpc) is 3.70. The van der Waals surface area contributed by atoms with Crippen molar-refractivity contribution in [2.75, 3.05) is 0 Å². The molecule has 3 heterocycles. The van der Waals surface area contributed by atoms with Gasteiger partial charge in [0, 0.05) is 61.8 Å². The van der Waals surface area contributed by atoms with Crippen molar-refractivity contribution in [2.24, 2.45) is 0 Å². The Balaban J connectivity index is 1.14. The van der Waals surface area contributed by atoms with Crippen LogP contribution in [-0.2, 0) is 10.8 Å². The molecule has 2 aliphatic rings. The van der Waals surface area contributed by atoms with Crippen LogP contribution in [0.1, 0.15) is 49.9 Å². The summed E-state index contributed by atoms with van der Waals surface area (Å²) in [7, 11) is 0. The first-order valence-corrected chi connectivity index (χ1v) is 21.3. The molecule has 0 saturated heterocycles. The van der Waals surface area contributed by atoms with Gasteiger partial charge in [-0.2, -0.15) is 0 Å². The van der Waals surface area contributed by atoms with Crippen molar-refractivity contribution in [1.82, 2.24) is 24.9 Å². The smallest absolute Gasteiger partial charge is 0.164 e. The van der Waals surface area contributed by atoms with Crippen LogP contribution in [0.3, 0.4) is 0 Å². The Kier molecular flexibility index (Phi) is 7.85. The standard InChI is InChI=1S/C57H41N5/c1-56(2)46-21-11-9-18-42(46)45-33-36(24-25-48(45)56)53-60-54(62-55(61-53)44-20-13-23-49-50(44)43-19-10-12-22-47(43)57(49,3)4)39-31-37(51-40-16-7-5-14-34(40)26-28-58-51)30-38(32-39)52-41-17-8-6-15-35(41)27-29-59-52/h5-33H,1-4H3. The fraction of sp³-hybridized carbons (Fsp3) is 0.105. The SMILES string of the molecule is CC1(C)c2ccccc2-c2cc(-c3nc(-c4cc(-c5nccc6ccccc56)cc(-c5nccc6ccccc56)c4)nc(-c4cccc5c4-c4ccccc4C5(C)C)n3)ccc21. The average molecular weight is 796 g/mol. The molecule has 0 spiro atoms. The van der Waals surface area contributed by atoms with Gasteiger partial charge in [-0.3, -0.25) is 9.97 Å². The molecule has 0 radical (unpaired) electrons. The van der Waals surface area contributed by atoms with Gasteiger partial charge in [0.1, 0.15) is 0 Å². The number of fused-ring (bicyclic) bond motifs is 8. The minimum Gasteiger partial charge on any atom is -0.256 e. The molecule has 0 N–H and O–H groups in total. The third-order valence-electron chi connectivity index (χ3n) is 13.4. The van der Waals surface area contributed by atoms with Crippen molar-refractivity contribution in [2.45, 2.75) is 38.5 Å². The van der Waals surface area contributed by atoms with E-state index in [2.05, 4.69) is 191 Å². The molecular weight excluding hydrogens is 755 g/mol. The highest BCUT2D eigenvalue weighted by atomic mass is 15.0. The maximum Gasteiger partial charge on any atom is 0.164 e. The highest BCUT2D eigenvalue weighted by Crippen LogP contribution is 2.52. The molecule has 3 aromatic heterocycles. The van der Waals surface area contributed by atoms with Gasteiger partial charge < -0.3 is 0 Å². The summed E-state index contributed by atoms with van der Waals surface area (Å²) in [4.78, 5) is 26.3. The summed E-state index contributed by atoms with van der Waals surface area (Å²) in [6.07, 6.45) is 3.78. The van der Waals surface area contributed by atoms with E-state index in [1.54, 1.807) is 0 Å². The zero-order chi connectivity index (χ0) is 41.7. The fourth-order valence-corrected chi connectivity index (χ4v) is 10.3. The third kappa shape index (κ3) is 5.44. The molecule has 294 valence electrons. The Morgan fingerprint density at radius 3 is 1.50 bits per heavy atom. The first-order valence-electron chi connectivity index (χ1n) is 21.3. The van der Waals surface area contributed by atoms with Gasteiger partial charge in [0.2, 0.25) is 0 Å². The highest BCUT2D eigenvalue weighted by molar-refractivity contribution is 5.99. The predicted octanol–water partition coefficient (Wildman–Crippen LogP) is 13.9. The van der Waals surface area contributed by atoms with Crippen molar-refractivity contribution in [3.8, 4) is 78.9 Å². The summed E-state index contributed by atoms with van der Waals surface area (Å²) < 4.78 is 0.